The quantitative estimate of drug-likeness (QED) is 0.851. The van der Waals surface area contributed by atoms with E-state index in [4.69, 9.17) is 4.74 Å². The van der Waals surface area contributed by atoms with E-state index >= 15 is 0 Å². The van der Waals surface area contributed by atoms with Crippen LogP contribution in [0.25, 0.3) is 0 Å². The zero-order valence-corrected chi connectivity index (χ0v) is 14.4. The highest BCUT2D eigenvalue weighted by molar-refractivity contribution is 5.96. The van der Waals surface area contributed by atoms with E-state index in [2.05, 4.69) is 23.6 Å². The normalized spacial score (nSPS) is 19.6. The minimum atomic E-state index is 0.179. The molecule has 0 bridgehead atoms. The number of carbonyl (C=O) groups excluding carboxylic acids is 1. The van der Waals surface area contributed by atoms with Crippen molar-refractivity contribution in [3.8, 4) is 5.75 Å². The minimum Gasteiger partial charge on any atom is -0.490 e. The number of aryl methyl sites for hydroxylation is 1. The van der Waals surface area contributed by atoms with Gasteiger partial charge in [-0.05, 0) is 38.5 Å². The van der Waals surface area contributed by atoms with Crippen LogP contribution in [0.5, 0.6) is 5.75 Å². The van der Waals surface area contributed by atoms with Crippen LogP contribution in [-0.4, -0.2) is 67.6 Å². The van der Waals surface area contributed by atoms with Crippen LogP contribution in [0.4, 0.5) is 5.69 Å². The minimum absolute atomic E-state index is 0.179. The van der Waals surface area contributed by atoms with E-state index in [1.165, 1.54) is 0 Å². The van der Waals surface area contributed by atoms with Crippen LogP contribution in [0.1, 0.15) is 19.4 Å². The maximum absolute atomic E-state index is 12.8. The van der Waals surface area contributed by atoms with Crippen molar-refractivity contribution in [3.05, 3.63) is 23.8 Å². The first-order valence-electron chi connectivity index (χ1n) is 8.55. The third kappa shape index (κ3) is 3.67. The number of carbonyl (C=O) groups is 1. The summed E-state index contributed by atoms with van der Waals surface area (Å²) in [6, 6.07) is 6.62. The van der Waals surface area contributed by atoms with E-state index in [0.717, 1.165) is 43.2 Å². The van der Waals surface area contributed by atoms with Crippen LogP contribution in [0.2, 0.25) is 0 Å². The van der Waals surface area contributed by atoms with E-state index in [1.54, 1.807) is 0 Å². The van der Waals surface area contributed by atoms with Gasteiger partial charge in [0.2, 0.25) is 5.91 Å². The SMILES string of the molecule is Cc1ccc2c(c1)N(C(=O)CN1CCN(C(C)C)CC1)CCO2. The lowest BCUT2D eigenvalue weighted by Gasteiger charge is -2.38. The summed E-state index contributed by atoms with van der Waals surface area (Å²) >= 11 is 0. The van der Waals surface area contributed by atoms with Gasteiger partial charge < -0.3 is 9.64 Å². The molecular formula is C18H27N3O2. The molecule has 0 aliphatic carbocycles. The van der Waals surface area contributed by atoms with Crippen LogP contribution < -0.4 is 9.64 Å². The fourth-order valence-electron chi connectivity index (χ4n) is 3.30. The molecule has 3 rings (SSSR count). The second kappa shape index (κ2) is 6.89. The van der Waals surface area contributed by atoms with Gasteiger partial charge in [-0.15, -0.1) is 0 Å². The second-order valence-electron chi connectivity index (χ2n) is 6.77. The molecule has 1 aromatic rings. The summed E-state index contributed by atoms with van der Waals surface area (Å²) in [7, 11) is 0. The van der Waals surface area contributed by atoms with E-state index in [1.807, 2.05) is 30.0 Å². The molecule has 2 aliphatic rings. The highest BCUT2D eigenvalue weighted by Gasteiger charge is 2.27. The summed E-state index contributed by atoms with van der Waals surface area (Å²) < 4.78 is 5.68. The second-order valence-corrected chi connectivity index (χ2v) is 6.77. The number of amides is 1. The molecule has 1 amide bonds. The fourth-order valence-corrected chi connectivity index (χ4v) is 3.30. The molecule has 5 heteroatoms. The number of anilines is 1. The Hall–Kier alpha value is -1.59. The van der Waals surface area contributed by atoms with Crippen LogP contribution in [0.15, 0.2) is 18.2 Å². The first-order valence-corrected chi connectivity index (χ1v) is 8.55. The van der Waals surface area contributed by atoms with Gasteiger partial charge in [-0.1, -0.05) is 6.07 Å². The van der Waals surface area contributed by atoms with Gasteiger partial charge in [0.25, 0.3) is 0 Å². The molecule has 0 spiro atoms. The molecular weight excluding hydrogens is 290 g/mol. The molecule has 1 aromatic carbocycles. The van der Waals surface area contributed by atoms with Crippen molar-refractivity contribution in [3.63, 3.8) is 0 Å². The van der Waals surface area contributed by atoms with E-state index in [-0.39, 0.29) is 5.91 Å². The average Bonchev–Trinajstić information content (AvgIpc) is 2.54. The number of ether oxygens (including phenoxy) is 1. The molecule has 0 N–H and O–H groups in total. The molecule has 2 heterocycles. The molecule has 23 heavy (non-hydrogen) atoms. The number of hydrogen-bond donors (Lipinski definition) is 0. The number of benzene rings is 1. The average molecular weight is 317 g/mol. The summed E-state index contributed by atoms with van der Waals surface area (Å²) in [4.78, 5) is 19.4. The highest BCUT2D eigenvalue weighted by Crippen LogP contribution is 2.32. The predicted octanol–water partition coefficient (Wildman–Crippen LogP) is 1.75. The van der Waals surface area contributed by atoms with Crippen molar-refractivity contribution < 1.29 is 9.53 Å². The van der Waals surface area contributed by atoms with Gasteiger partial charge in [0, 0.05) is 32.2 Å². The van der Waals surface area contributed by atoms with Gasteiger partial charge in [-0.2, -0.15) is 0 Å². The lowest BCUT2D eigenvalue weighted by Crippen LogP contribution is -2.52. The molecule has 5 nitrogen and oxygen atoms in total. The molecule has 0 atom stereocenters. The summed E-state index contributed by atoms with van der Waals surface area (Å²) in [6.45, 7) is 12.2. The topological polar surface area (TPSA) is 36.0 Å². The van der Waals surface area contributed by atoms with Crippen molar-refractivity contribution in [2.24, 2.45) is 0 Å². The van der Waals surface area contributed by atoms with E-state index in [0.29, 0.717) is 25.7 Å². The van der Waals surface area contributed by atoms with Crippen molar-refractivity contribution >= 4 is 11.6 Å². The largest absolute Gasteiger partial charge is 0.490 e. The van der Waals surface area contributed by atoms with Gasteiger partial charge in [0.1, 0.15) is 12.4 Å². The van der Waals surface area contributed by atoms with Crippen LogP contribution in [0, 0.1) is 6.92 Å². The van der Waals surface area contributed by atoms with Crippen LogP contribution >= 0.6 is 0 Å². The number of rotatable bonds is 3. The Morgan fingerprint density at radius 3 is 2.61 bits per heavy atom. The van der Waals surface area contributed by atoms with Gasteiger partial charge >= 0.3 is 0 Å². The van der Waals surface area contributed by atoms with Gasteiger partial charge in [-0.3, -0.25) is 14.6 Å². The summed E-state index contributed by atoms with van der Waals surface area (Å²) in [5.74, 6) is 0.998. The van der Waals surface area contributed by atoms with Crippen molar-refractivity contribution in [1.82, 2.24) is 9.80 Å². The van der Waals surface area contributed by atoms with Crippen molar-refractivity contribution in [2.45, 2.75) is 26.8 Å². The fraction of sp³-hybridized carbons (Fsp3) is 0.611. The van der Waals surface area contributed by atoms with E-state index < -0.39 is 0 Å². The monoisotopic (exact) mass is 317 g/mol. The first kappa shape index (κ1) is 16.3. The molecule has 0 unspecified atom stereocenters. The lowest BCUT2D eigenvalue weighted by atomic mass is 10.1. The standard InChI is InChI=1S/C18H27N3O2/c1-14(2)20-8-6-19(7-9-20)13-18(22)21-10-11-23-17-5-4-15(3)12-16(17)21/h4-5,12,14H,6-11,13H2,1-3H3. The van der Waals surface area contributed by atoms with Crippen LogP contribution in [0.3, 0.4) is 0 Å². The van der Waals surface area contributed by atoms with Gasteiger partial charge in [0.05, 0.1) is 18.8 Å². The number of fused-ring (bicyclic) bond motifs is 1. The third-order valence-corrected chi connectivity index (χ3v) is 4.77. The maximum atomic E-state index is 12.8. The summed E-state index contributed by atoms with van der Waals surface area (Å²) in [6.07, 6.45) is 0. The molecule has 0 aromatic heterocycles. The maximum Gasteiger partial charge on any atom is 0.241 e. The smallest absolute Gasteiger partial charge is 0.241 e. The van der Waals surface area contributed by atoms with Crippen LogP contribution in [-0.2, 0) is 4.79 Å². The molecule has 0 saturated carbocycles. The number of nitrogens with zero attached hydrogens (tertiary/aromatic N) is 3. The number of hydrogen-bond acceptors (Lipinski definition) is 4. The molecule has 0 radical (unpaired) electrons. The molecule has 126 valence electrons. The zero-order valence-electron chi connectivity index (χ0n) is 14.4. The first-order chi connectivity index (χ1) is 11.0. The Bertz CT molecular complexity index is 565. The Balaban J connectivity index is 1.63. The third-order valence-electron chi connectivity index (χ3n) is 4.77. The summed E-state index contributed by atoms with van der Waals surface area (Å²) in [5, 5.41) is 0. The Morgan fingerprint density at radius 2 is 1.91 bits per heavy atom. The van der Waals surface area contributed by atoms with E-state index in [9.17, 15) is 4.79 Å². The molecule has 1 fully saturated rings. The Labute approximate surface area is 138 Å². The van der Waals surface area contributed by atoms with Gasteiger partial charge in [-0.25, -0.2) is 0 Å². The lowest BCUT2D eigenvalue weighted by molar-refractivity contribution is -0.120. The van der Waals surface area contributed by atoms with Crippen molar-refractivity contribution in [2.75, 3.05) is 50.8 Å². The van der Waals surface area contributed by atoms with Crippen molar-refractivity contribution in [1.29, 1.82) is 0 Å². The summed E-state index contributed by atoms with van der Waals surface area (Å²) in [5.41, 5.74) is 2.07. The highest BCUT2D eigenvalue weighted by atomic mass is 16.5. The number of piperazine rings is 1. The zero-order chi connectivity index (χ0) is 16.4. The Kier molecular flexibility index (Phi) is 4.87. The molecule has 2 aliphatic heterocycles. The Morgan fingerprint density at radius 1 is 1.17 bits per heavy atom. The van der Waals surface area contributed by atoms with Gasteiger partial charge in [0.15, 0.2) is 0 Å². The molecule has 1 saturated heterocycles. The predicted molar refractivity (Wildman–Crippen MR) is 92.2 cm³/mol.